The molecule has 1 heterocycles. The van der Waals surface area contributed by atoms with Crippen LogP contribution in [0.5, 0.6) is 0 Å². The van der Waals surface area contributed by atoms with E-state index in [1.165, 1.54) is 0 Å². The van der Waals surface area contributed by atoms with Gasteiger partial charge in [0.05, 0.1) is 11.5 Å². The van der Waals surface area contributed by atoms with Crippen molar-refractivity contribution in [1.82, 2.24) is 5.32 Å². The lowest BCUT2D eigenvalue weighted by Crippen LogP contribution is -2.60. The van der Waals surface area contributed by atoms with Crippen LogP contribution in [0.4, 0.5) is 11.4 Å². The molecular weight excluding hydrogens is 390 g/mol. The highest BCUT2D eigenvalue weighted by Crippen LogP contribution is 2.60. The molecule has 2 amide bonds. The molecule has 3 atom stereocenters. The van der Waals surface area contributed by atoms with Crippen LogP contribution in [-0.4, -0.2) is 49.2 Å². The number of nitrogens with zero attached hydrogens (tertiary/aromatic N) is 2. The first-order chi connectivity index (χ1) is 14.8. The lowest BCUT2D eigenvalue weighted by Gasteiger charge is -2.58. The van der Waals surface area contributed by atoms with Crippen molar-refractivity contribution in [1.29, 1.82) is 0 Å². The summed E-state index contributed by atoms with van der Waals surface area (Å²) in [7, 11) is 1.78. The van der Waals surface area contributed by atoms with Crippen LogP contribution in [0.2, 0.25) is 0 Å². The lowest BCUT2D eigenvalue weighted by atomic mass is 9.48. The van der Waals surface area contributed by atoms with Crippen molar-refractivity contribution in [2.75, 3.05) is 29.9 Å². The fourth-order valence-corrected chi connectivity index (χ4v) is 7.01. The molecule has 6 rings (SSSR count). The van der Waals surface area contributed by atoms with E-state index >= 15 is 0 Å². The smallest absolute Gasteiger partial charge is 0.226 e. The summed E-state index contributed by atoms with van der Waals surface area (Å²) in [6.45, 7) is 3.37. The van der Waals surface area contributed by atoms with E-state index in [0.29, 0.717) is 17.8 Å². The minimum absolute atomic E-state index is 0.0192. The Kier molecular flexibility index (Phi) is 5.24. The molecular formula is C25H35N3O3. The molecule has 4 aliphatic carbocycles. The quantitative estimate of drug-likeness (QED) is 0.778. The van der Waals surface area contributed by atoms with Crippen molar-refractivity contribution in [3.8, 4) is 0 Å². The van der Waals surface area contributed by atoms with E-state index in [-0.39, 0.29) is 29.4 Å². The average Bonchev–Trinajstić information content (AvgIpc) is 2.76. The summed E-state index contributed by atoms with van der Waals surface area (Å²) in [5.74, 6) is 1.54. The molecule has 0 aromatic heterocycles. The highest BCUT2D eigenvalue weighted by atomic mass is 16.3. The Morgan fingerprint density at radius 2 is 1.81 bits per heavy atom. The van der Waals surface area contributed by atoms with Crippen LogP contribution in [-0.2, 0) is 9.59 Å². The number of rotatable bonds is 4. The summed E-state index contributed by atoms with van der Waals surface area (Å²) in [4.78, 5) is 29.0. The van der Waals surface area contributed by atoms with E-state index < -0.39 is 0 Å². The fraction of sp³-hybridized carbons (Fsp3) is 0.680. The Hall–Kier alpha value is -2.08. The van der Waals surface area contributed by atoms with Crippen LogP contribution in [0.25, 0.3) is 0 Å². The molecule has 6 heteroatoms. The zero-order valence-electron chi connectivity index (χ0n) is 18.7. The minimum Gasteiger partial charge on any atom is -0.393 e. The lowest BCUT2D eigenvalue weighted by molar-refractivity contribution is -0.163. The van der Waals surface area contributed by atoms with Gasteiger partial charge in [0.1, 0.15) is 0 Å². The predicted octanol–water partition coefficient (Wildman–Crippen LogP) is 2.94. The van der Waals surface area contributed by atoms with Gasteiger partial charge in [-0.05, 0) is 87.0 Å². The van der Waals surface area contributed by atoms with Crippen molar-refractivity contribution >= 4 is 23.2 Å². The summed E-state index contributed by atoms with van der Waals surface area (Å²) >= 11 is 0. The number of anilines is 2. The molecule has 1 aromatic carbocycles. The van der Waals surface area contributed by atoms with Crippen molar-refractivity contribution in [3.05, 3.63) is 24.3 Å². The molecule has 0 radical (unpaired) electrons. The SMILES string of the molecule is CC(=O)N(C)c1ccc(N2CCCC(NC(=O)C34CC5CC(C3)C(O)C(C5)C4)C2)cc1. The molecule has 3 unspecified atom stereocenters. The second-order valence-electron chi connectivity index (χ2n) is 10.6. The van der Waals surface area contributed by atoms with Gasteiger partial charge in [0, 0.05) is 44.5 Å². The Bertz CT molecular complexity index is 838. The zero-order valence-corrected chi connectivity index (χ0v) is 18.7. The Balaban J connectivity index is 1.23. The second kappa shape index (κ2) is 7.80. The topological polar surface area (TPSA) is 72.9 Å². The summed E-state index contributed by atoms with van der Waals surface area (Å²) in [5.41, 5.74) is 1.79. The maximum absolute atomic E-state index is 13.4. The maximum atomic E-state index is 13.4. The summed E-state index contributed by atoms with van der Waals surface area (Å²) in [6.07, 6.45) is 6.86. The predicted molar refractivity (Wildman–Crippen MR) is 121 cm³/mol. The number of hydrogen-bond donors (Lipinski definition) is 2. The first-order valence-corrected chi connectivity index (χ1v) is 11.9. The molecule has 168 valence electrons. The monoisotopic (exact) mass is 425 g/mol. The van der Waals surface area contributed by atoms with Gasteiger partial charge in [0.15, 0.2) is 0 Å². The first kappa shape index (κ1) is 20.8. The summed E-state index contributed by atoms with van der Waals surface area (Å²) < 4.78 is 0. The third kappa shape index (κ3) is 3.73. The van der Waals surface area contributed by atoms with Crippen LogP contribution >= 0.6 is 0 Å². The van der Waals surface area contributed by atoms with E-state index in [0.717, 1.165) is 69.4 Å². The molecule has 4 bridgehead atoms. The van der Waals surface area contributed by atoms with Gasteiger partial charge in [-0.1, -0.05) is 0 Å². The molecule has 5 aliphatic rings. The van der Waals surface area contributed by atoms with Crippen molar-refractivity contribution in [2.24, 2.45) is 23.2 Å². The van der Waals surface area contributed by atoms with E-state index in [2.05, 4.69) is 22.3 Å². The van der Waals surface area contributed by atoms with E-state index in [1.807, 2.05) is 12.1 Å². The number of carbonyl (C=O) groups is 2. The minimum atomic E-state index is -0.239. The largest absolute Gasteiger partial charge is 0.393 e. The number of amides is 2. The highest BCUT2D eigenvalue weighted by molar-refractivity contribution is 5.91. The van der Waals surface area contributed by atoms with Gasteiger partial charge >= 0.3 is 0 Å². The van der Waals surface area contributed by atoms with Gasteiger partial charge in [-0.25, -0.2) is 0 Å². The van der Waals surface area contributed by atoms with Gasteiger partial charge in [0.25, 0.3) is 0 Å². The number of nitrogens with one attached hydrogen (secondary N) is 1. The van der Waals surface area contributed by atoms with Gasteiger partial charge in [-0.15, -0.1) is 0 Å². The number of hydrogen-bond acceptors (Lipinski definition) is 4. The molecule has 4 saturated carbocycles. The molecule has 0 spiro atoms. The first-order valence-electron chi connectivity index (χ1n) is 11.9. The number of benzene rings is 1. The molecule has 1 aromatic rings. The van der Waals surface area contributed by atoms with Crippen LogP contribution < -0.4 is 15.1 Å². The average molecular weight is 426 g/mol. The maximum Gasteiger partial charge on any atom is 0.226 e. The molecule has 6 nitrogen and oxygen atoms in total. The third-order valence-electron chi connectivity index (χ3n) is 8.54. The number of aliphatic hydroxyl groups excluding tert-OH is 1. The second-order valence-corrected chi connectivity index (χ2v) is 10.6. The van der Waals surface area contributed by atoms with Crippen LogP contribution in [0.3, 0.4) is 0 Å². The van der Waals surface area contributed by atoms with Crippen molar-refractivity contribution < 1.29 is 14.7 Å². The number of carbonyl (C=O) groups excluding carboxylic acids is 2. The number of piperidine rings is 1. The fourth-order valence-electron chi connectivity index (χ4n) is 7.01. The van der Waals surface area contributed by atoms with Gasteiger partial charge < -0.3 is 20.2 Å². The highest BCUT2D eigenvalue weighted by Gasteiger charge is 2.58. The van der Waals surface area contributed by atoms with Crippen molar-refractivity contribution in [3.63, 3.8) is 0 Å². The summed E-state index contributed by atoms with van der Waals surface area (Å²) in [6, 6.07) is 8.27. The Labute approximate surface area is 185 Å². The molecule has 2 N–H and O–H groups in total. The van der Waals surface area contributed by atoms with Crippen LogP contribution in [0.1, 0.15) is 51.9 Å². The van der Waals surface area contributed by atoms with E-state index in [1.54, 1.807) is 18.9 Å². The van der Waals surface area contributed by atoms with Crippen LogP contribution in [0, 0.1) is 23.2 Å². The van der Waals surface area contributed by atoms with E-state index in [9.17, 15) is 14.7 Å². The zero-order chi connectivity index (χ0) is 21.8. The van der Waals surface area contributed by atoms with Gasteiger partial charge in [0.2, 0.25) is 11.8 Å². The molecule has 1 saturated heterocycles. The molecule has 31 heavy (non-hydrogen) atoms. The third-order valence-corrected chi connectivity index (χ3v) is 8.54. The number of aliphatic hydroxyl groups is 1. The van der Waals surface area contributed by atoms with E-state index in [4.69, 9.17) is 0 Å². The molecule has 5 fully saturated rings. The summed E-state index contributed by atoms with van der Waals surface area (Å²) in [5, 5.41) is 13.9. The Morgan fingerprint density at radius 3 is 2.45 bits per heavy atom. The Morgan fingerprint density at radius 1 is 1.13 bits per heavy atom. The van der Waals surface area contributed by atoms with Crippen molar-refractivity contribution in [2.45, 2.75) is 64.0 Å². The van der Waals surface area contributed by atoms with Gasteiger partial charge in [-0.2, -0.15) is 0 Å². The molecule has 1 aliphatic heterocycles. The van der Waals surface area contributed by atoms with Crippen LogP contribution in [0.15, 0.2) is 24.3 Å². The standard InChI is InChI=1S/C25H35N3O3/c1-16(29)27(2)21-5-7-22(8-6-21)28-9-3-4-20(15-28)26-24(31)25-12-17-10-18(13-25)23(30)19(11-17)14-25/h5-8,17-20,23,30H,3-4,9-15H2,1-2H3,(H,26,31). The van der Waals surface area contributed by atoms with Gasteiger partial charge in [-0.3, -0.25) is 9.59 Å². The normalized spacial score (nSPS) is 36.4.